The van der Waals surface area contributed by atoms with Gasteiger partial charge < -0.3 is 20.2 Å². The average Bonchev–Trinajstić information content (AvgIpc) is 3.41. The second-order valence-corrected chi connectivity index (χ2v) is 8.93. The van der Waals surface area contributed by atoms with Crippen molar-refractivity contribution in [1.82, 2.24) is 10.6 Å². The molecule has 3 aromatic carbocycles. The number of halogens is 1. The molecule has 1 aromatic heterocycles. The Labute approximate surface area is 203 Å². The molecule has 1 heterocycles. The Morgan fingerprint density at radius 3 is 2.57 bits per heavy atom. The first kappa shape index (κ1) is 23.0. The summed E-state index contributed by atoms with van der Waals surface area (Å²) in [6.45, 7) is 3.12. The maximum Gasteiger partial charge on any atom is 0.254 e. The molecule has 2 unspecified atom stereocenters. The van der Waals surface area contributed by atoms with Gasteiger partial charge in [-0.2, -0.15) is 0 Å². The molecule has 0 spiro atoms. The van der Waals surface area contributed by atoms with E-state index in [2.05, 4.69) is 10.6 Å². The zero-order valence-corrected chi connectivity index (χ0v) is 19.4. The summed E-state index contributed by atoms with van der Waals surface area (Å²) < 4.78 is 20.4. The lowest BCUT2D eigenvalue weighted by atomic mass is 10.0. The Balaban J connectivity index is 1.28. The van der Waals surface area contributed by atoms with Crippen LogP contribution in [0.25, 0.3) is 11.1 Å². The molecule has 4 aromatic rings. The molecule has 0 aliphatic heterocycles. The number of furan rings is 1. The molecule has 5 rings (SSSR count). The molecule has 0 bridgehead atoms. The van der Waals surface area contributed by atoms with E-state index in [1.54, 1.807) is 6.07 Å². The lowest BCUT2D eigenvalue weighted by Gasteiger charge is -2.19. The number of hydrogen-bond acceptors (Lipinski definition) is 4. The first-order valence-corrected chi connectivity index (χ1v) is 11.7. The summed E-state index contributed by atoms with van der Waals surface area (Å²) in [6.07, 6.45) is -0.329. The van der Waals surface area contributed by atoms with Crippen molar-refractivity contribution in [2.24, 2.45) is 0 Å². The number of hydrogen-bond donors (Lipinski definition) is 3. The van der Waals surface area contributed by atoms with Gasteiger partial charge in [-0.05, 0) is 59.0 Å². The molecule has 178 valence electrons. The highest BCUT2D eigenvalue weighted by atomic mass is 19.1. The molecule has 5 nitrogen and oxygen atoms in total. The highest BCUT2D eigenvalue weighted by Gasteiger charge is 2.33. The number of aliphatic hydroxyl groups is 1. The van der Waals surface area contributed by atoms with Crippen LogP contribution in [-0.4, -0.2) is 17.1 Å². The molecule has 1 aliphatic rings. The third-order valence-corrected chi connectivity index (χ3v) is 6.39. The summed E-state index contributed by atoms with van der Waals surface area (Å²) in [5.74, 6) is 0.598. The Hall–Kier alpha value is -3.74. The topological polar surface area (TPSA) is 74.5 Å². The van der Waals surface area contributed by atoms with Crippen molar-refractivity contribution in [3.8, 4) is 11.1 Å². The van der Waals surface area contributed by atoms with Crippen LogP contribution in [0, 0.1) is 12.7 Å². The minimum Gasteiger partial charge on any atom is -0.465 e. The number of amides is 1. The number of benzene rings is 3. The first-order valence-electron chi connectivity index (χ1n) is 11.7. The number of aliphatic hydroxyl groups excluding tert-OH is 1. The smallest absolute Gasteiger partial charge is 0.254 e. The van der Waals surface area contributed by atoms with Crippen LogP contribution in [0.3, 0.4) is 0 Å². The molecular formula is C29H27FN2O3. The van der Waals surface area contributed by atoms with Crippen LogP contribution in [0.4, 0.5) is 4.39 Å². The van der Waals surface area contributed by atoms with Crippen LogP contribution < -0.4 is 10.6 Å². The maximum atomic E-state index is 14.9. The van der Waals surface area contributed by atoms with Gasteiger partial charge >= 0.3 is 0 Å². The summed E-state index contributed by atoms with van der Waals surface area (Å²) in [7, 11) is 0. The number of carbonyl (C=O) groups is 1. The van der Waals surface area contributed by atoms with E-state index in [-0.39, 0.29) is 5.56 Å². The maximum absolute atomic E-state index is 14.9. The van der Waals surface area contributed by atoms with Gasteiger partial charge in [-0.3, -0.25) is 4.79 Å². The minimum atomic E-state index is -0.769. The van der Waals surface area contributed by atoms with Crippen molar-refractivity contribution in [3.63, 3.8) is 0 Å². The quantitative estimate of drug-likeness (QED) is 0.353. The monoisotopic (exact) mass is 470 g/mol. The SMILES string of the molecule is Cc1ccc(CNCc2ccc3c(c2)C(NC(=O)c2ccc(-c4ccccc4)cc2F)C(O)C3)o1. The van der Waals surface area contributed by atoms with E-state index in [4.69, 9.17) is 4.42 Å². The summed E-state index contributed by atoms with van der Waals surface area (Å²) in [6, 6.07) is 23.3. The Morgan fingerprint density at radius 2 is 1.83 bits per heavy atom. The fourth-order valence-corrected chi connectivity index (χ4v) is 4.59. The number of nitrogens with one attached hydrogen (secondary N) is 2. The Morgan fingerprint density at radius 1 is 1.00 bits per heavy atom. The van der Waals surface area contributed by atoms with Crippen molar-refractivity contribution in [2.75, 3.05) is 0 Å². The number of fused-ring (bicyclic) bond motifs is 1. The van der Waals surface area contributed by atoms with Gasteiger partial charge in [0.1, 0.15) is 17.3 Å². The predicted octanol–water partition coefficient (Wildman–Crippen LogP) is 5.07. The molecule has 1 amide bonds. The van der Waals surface area contributed by atoms with Gasteiger partial charge in [-0.25, -0.2) is 4.39 Å². The van der Waals surface area contributed by atoms with Gasteiger partial charge in [0.15, 0.2) is 0 Å². The molecule has 0 radical (unpaired) electrons. The van der Waals surface area contributed by atoms with Crippen LogP contribution in [0.15, 0.2) is 83.3 Å². The van der Waals surface area contributed by atoms with Crippen molar-refractivity contribution < 1.29 is 18.7 Å². The summed E-state index contributed by atoms with van der Waals surface area (Å²) >= 11 is 0. The third-order valence-electron chi connectivity index (χ3n) is 6.39. The summed E-state index contributed by atoms with van der Waals surface area (Å²) in [4.78, 5) is 13.0. The van der Waals surface area contributed by atoms with Gasteiger partial charge in [0.05, 0.1) is 24.3 Å². The van der Waals surface area contributed by atoms with Crippen LogP contribution >= 0.6 is 0 Å². The van der Waals surface area contributed by atoms with Gasteiger partial charge in [0.2, 0.25) is 0 Å². The van der Waals surface area contributed by atoms with E-state index in [1.807, 2.05) is 67.6 Å². The van der Waals surface area contributed by atoms with E-state index < -0.39 is 23.9 Å². The molecule has 0 saturated carbocycles. The molecule has 6 heteroatoms. The van der Waals surface area contributed by atoms with E-state index in [9.17, 15) is 14.3 Å². The zero-order valence-electron chi connectivity index (χ0n) is 19.4. The van der Waals surface area contributed by atoms with Gasteiger partial charge in [0.25, 0.3) is 5.91 Å². The molecule has 2 atom stereocenters. The number of aryl methyl sites for hydroxylation is 1. The second-order valence-electron chi connectivity index (χ2n) is 8.93. The first-order chi connectivity index (χ1) is 17.0. The zero-order chi connectivity index (χ0) is 24.4. The number of carbonyl (C=O) groups excluding carboxylic acids is 1. The normalized spacial score (nSPS) is 16.8. The third kappa shape index (κ3) is 5.04. The van der Waals surface area contributed by atoms with E-state index in [1.165, 1.54) is 12.1 Å². The fourth-order valence-electron chi connectivity index (χ4n) is 4.59. The lowest BCUT2D eigenvalue weighted by molar-refractivity contribution is 0.0854. The van der Waals surface area contributed by atoms with E-state index >= 15 is 0 Å². The largest absolute Gasteiger partial charge is 0.465 e. The van der Waals surface area contributed by atoms with Crippen LogP contribution in [-0.2, 0) is 19.5 Å². The molecule has 1 aliphatic carbocycles. The van der Waals surface area contributed by atoms with Gasteiger partial charge in [-0.1, -0.05) is 54.6 Å². The highest BCUT2D eigenvalue weighted by molar-refractivity contribution is 5.95. The summed E-state index contributed by atoms with van der Waals surface area (Å²) in [5.41, 5.74) is 4.40. The summed E-state index contributed by atoms with van der Waals surface area (Å²) in [5, 5.41) is 16.8. The molecule has 0 fully saturated rings. The van der Waals surface area contributed by atoms with Crippen molar-refractivity contribution in [3.05, 3.63) is 118 Å². The molecule has 0 saturated heterocycles. The second kappa shape index (κ2) is 9.86. The average molecular weight is 471 g/mol. The number of rotatable bonds is 7. The van der Waals surface area contributed by atoms with E-state index in [0.717, 1.165) is 33.8 Å². The lowest BCUT2D eigenvalue weighted by Crippen LogP contribution is -2.34. The van der Waals surface area contributed by atoms with Crippen LogP contribution in [0.5, 0.6) is 0 Å². The molecule has 3 N–H and O–H groups in total. The highest BCUT2D eigenvalue weighted by Crippen LogP contribution is 2.33. The van der Waals surface area contributed by atoms with Crippen molar-refractivity contribution in [2.45, 2.75) is 38.6 Å². The predicted molar refractivity (Wildman–Crippen MR) is 132 cm³/mol. The minimum absolute atomic E-state index is 0.0445. The Kier molecular flexibility index (Phi) is 6.49. The van der Waals surface area contributed by atoms with E-state index in [0.29, 0.717) is 25.1 Å². The standard InChI is InChI=1S/C29H27FN2O3/c1-18-7-11-23(35-18)17-31-16-19-8-9-22-15-27(33)28(25(22)13-19)32-29(34)24-12-10-21(14-26(24)30)20-5-3-2-4-6-20/h2-14,27-28,31,33H,15-17H2,1H3,(H,32,34). The molecule has 35 heavy (non-hydrogen) atoms. The van der Waals surface area contributed by atoms with Crippen molar-refractivity contribution in [1.29, 1.82) is 0 Å². The Bertz CT molecular complexity index is 1350. The molecular weight excluding hydrogens is 443 g/mol. The van der Waals surface area contributed by atoms with Crippen LogP contribution in [0.1, 0.15) is 44.6 Å². The fraction of sp³-hybridized carbons (Fsp3) is 0.207. The van der Waals surface area contributed by atoms with Crippen LogP contribution in [0.2, 0.25) is 0 Å². The van der Waals surface area contributed by atoms with Crippen molar-refractivity contribution >= 4 is 5.91 Å². The van der Waals surface area contributed by atoms with Gasteiger partial charge in [0, 0.05) is 13.0 Å². The van der Waals surface area contributed by atoms with Gasteiger partial charge in [-0.15, -0.1) is 0 Å².